The summed E-state index contributed by atoms with van der Waals surface area (Å²) in [5.74, 6) is 0. The molecule has 1 aromatic carbocycles. The number of hydrogen-bond acceptors (Lipinski definition) is 3. The zero-order valence-electron chi connectivity index (χ0n) is 9.99. The first-order chi connectivity index (χ1) is 9.25. The van der Waals surface area contributed by atoms with Crippen LogP contribution in [0.1, 0.15) is 17.4 Å². The van der Waals surface area contributed by atoms with Crippen LogP contribution in [0.25, 0.3) is 10.8 Å². The Labute approximate surface area is 115 Å². The molecular weight excluding hydrogens is 260 g/mol. The molecule has 1 unspecified atom stereocenters. The van der Waals surface area contributed by atoms with Crippen molar-refractivity contribution >= 4 is 22.4 Å². The Morgan fingerprint density at radius 1 is 1.05 bits per heavy atom. The van der Waals surface area contributed by atoms with E-state index in [-0.39, 0.29) is 0 Å². The van der Waals surface area contributed by atoms with E-state index in [0.717, 1.165) is 16.3 Å². The molecule has 0 saturated carbocycles. The number of aliphatic hydroxyl groups is 1. The Balaban J connectivity index is 2.11. The molecule has 0 saturated heterocycles. The van der Waals surface area contributed by atoms with Gasteiger partial charge in [-0.1, -0.05) is 29.8 Å². The van der Waals surface area contributed by atoms with Crippen LogP contribution < -0.4 is 0 Å². The number of fused-ring (bicyclic) bond motifs is 1. The van der Waals surface area contributed by atoms with Crippen molar-refractivity contribution in [2.75, 3.05) is 0 Å². The van der Waals surface area contributed by atoms with Gasteiger partial charge in [0.2, 0.25) is 0 Å². The number of aromatic nitrogens is 2. The van der Waals surface area contributed by atoms with E-state index in [9.17, 15) is 5.11 Å². The van der Waals surface area contributed by atoms with Crippen molar-refractivity contribution in [1.29, 1.82) is 0 Å². The lowest BCUT2D eigenvalue weighted by molar-refractivity contribution is 0.217. The summed E-state index contributed by atoms with van der Waals surface area (Å²) < 4.78 is 0. The van der Waals surface area contributed by atoms with Crippen molar-refractivity contribution in [2.45, 2.75) is 6.10 Å². The highest BCUT2D eigenvalue weighted by Gasteiger charge is 2.14. The van der Waals surface area contributed by atoms with E-state index in [0.29, 0.717) is 10.7 Å². The molecule has 0 fully saturated rings. The van der Waals surface area contributed by atoms with Crippen LogP contribution in [-0.4, -0.2) is 15.1 Å². The van der Waals surface area contributed by atoms with E-state index in [4.69, 9.17) is 11.6 Å². The Bertz CT molecular complexity index is 707. The van der Waals surface area contributed by atoms with Gasteiger partial charge in [0.1, 0.15) is 6.10 Å². The molecule has 3 rings (SSSR count). The number of benzene rings is 1. The number of aliphatic hydroxyl groups excluding tert-OH is 1. The van der Waals surface area contributed by atoms with Crippen molar-refractivity contribution < 1.29 is 5.11 Å². The molecule has 0 radical (unpaired) electrons. The third-order valence-electron chi connectivity index (χ3n) is 3.04. The van der Waals surface area contributed by atoms with Gasteiger partial charge < -0.3 is 5.11 Å². The van der Waals surface area contributed by atoms with Crippen LogP contribution in [0, 0.1) is 0 Å². The third kappa shape index (κ3) is 2.30. The topological polar surface area (TPSA) is 46.0 Å². The molecule has 94 valence electrons. The van der Waals surface area contributed by atoms with Crippen LogP contribution in [0.15, 0.2) is 55.0 Å². The summed E-state index contributed by atoms with van der Waals surface area (Å²) >= 11 is 5.81. The number of pyridine rings is 2. The minimum absolute atomic E-state index is 0.554. The zero-order chi connectivity index (χ0) is 13.2. The Morgan fingerprint density at radius 2 is 1.95 bits per heavy atom. The molecule has 19 heavy (non-hydrogen) atoms. The van der Waals surface area contributed by atoms with Crippen LogP contribution in [-0.2, 0) is 0 Å². The maximum absolute atomic E-state index is 10.5. The normalized spacial score (nSPS) is 12.5. The van der Waals surface area contributed by atoms with Gasteiger partial charge in [0.05, 0.1) is 10.7 Å². The lowest BCUT2D eigenvalue weighted by Gasteiger charge is -2.13. The van der Waals surface area contributed by atoms with Crippen LogP contribution in [0.4, 0.5) is 0 Å². The van der Waals surface area contributed by atoms with Crippen LogP contribution in [0.3, 0.4) is 0 Å². The molecule has 0 amide bonds. The first-order valence-corrected chi connectivity index (χ1v) is 6.25. The number of halogens is 1. The second kappa shape index (κ2) is 4.96. The van der Waals surface area contributed by atoms with Gasteiger partial charge in [-0.3, -0.25) is 9.97 Å². The third-order valence-corrected chi connectivity index (χ3v) is 3.26. The molecule has 1 N–H and O–H groups in total. The molecule has 0 aliphatic rings. The molecular formula is C15H11ClN2O. The van der Waals surface area contributed by atoms with Crippen molar-refractivity contribution in [1.82, 2.24) is 9.97 Å². The van der Waals surface area contributed by atoms with Gasteiger partial charge >= 0.3 is 0 Å². The quantitative estimate of drug-likeness (QED) is 0.777. The van der Waals surface area contributed by atoms with Crippen molar-refractivity contribution in [3.63, 3.8) is 0 Å². The second-order valence-corrected chi connectivity index (χ2v) is 4.68. The molecule has 4 heteroatoms. The molecule has 0 spiro atoms. The minimum atomic E-state index is -0.775. The molecule has 3 nitrogen and oxygen atoms in total. The summed E-state index contributed by atoms with van der Waals surface area (Å²) in [7, 11) is 0. The van der Waals surface area contributed by atoms with E-state index in [2.05, 4.69) is 9.97 Å². The summed E-state index contributed by atoms with van der Waals surface area (Å²) in [6.45, 7) is 0. The second-order valence-electron chi connectivity index (χ2n) is 4.25. The Morgan fingerprint density at radius 3 is 2.74 bits per heavy atom. The standard InChI is InChI=1S/C15H11ClN2O/c16-11-4-5-14(18-9-11)15(19)13-3-1-2-10-8-17-7-6-12(10)13/h1-9,15,19H. The van der Waals surface area contributed by atoms with Gasteiger partial charge in [0, 0.05) is 24.0 Å². The average molecular weight is 271 g/mol. The summed E-state index contributed by atoms with van der Waals surface area (Å²) in [4.78, 5) is 8.25. The highest BCUT2D eigenvalue weighted by atomic mass is 35.5. The molecule has 1 atom stereocenters. The largest absolute Gasteiger partial charge is 0.382 e. The predicted octanol–water partition coefficient (Wildman–Crippen LogP) is 3.36. The molecule has 2 aromatic heterocycles. The van der Waals surface area contributed by atoms with Crippen molar-refractivity contribution in [2.24, 2.45) is 0 Å². The first kappa shape index (κ1) is 12.1. The smallest absolute Gasteiger partial charge is 0.122 e. The van der Waals surface area contributed by atoms with Gasteiger partial charge in [-0.2, -0.15) is 0 Å². The summed E-state index contributed by atoms with van der Waals surface area (Å²) in [6, 6.07) is 11.1. The molecule has 3 aromatic rings. The molecule has 2 heterocycles. The van der Waals surface area contributed by atoms with E-state index in [1.807, 2.05) is 24.3 Å². The molecule has 0 bridgehead atoms. The summed E-state index contributed by atoms with van der Waals surface area (Å²) in [5.41, 5.74) is 1.39. The maximum Gasteiger partial charge on any atom is 0.122 e. The number of nitrogens with zero attached hydrogens (tertiary/aromatic N) is 2. The average Bonchev–Trinajstić information content (AvgIpc) is 2.47. The van der Waals surface area contributed by atoms with E-state index >= 15 is 0 Å². The SMILES string of the molecule is OC(c1ccc(Cl)cn1)c1cccc2cnccc12. The summed E-state index contributed by atoms with van der Waals surface area (Å²) in [6.07, 6.45) is 4.25. The highest BCUT2D eigenvalue weighted by molar-refractivity contribution is 6.30. The van der Waals surface area contributed by atoms with Gasteiger partial charge in [-0.25, -0.2) is 0 Å². The van der Waals surface area contributed by atoms with Gasteiger partial charge in [0.25, 0.3) is 0 Å². The highest BCUT2D eigenvalue weighted by Crippen LogP contribution is 2.27. The predicted molar refractivity (Wildman–Crippen MR) is 75.1 cm³/mol. The lowest BCUT2D eigenvalue weighted by atomic mass is 10.00. The molecule has 0 aliphatic heterocycles. The van der Waals surface area contributed by atoms with Crippen molar-refractivity contribution in [3.05, 3.63) is 71.3 Å². The van der Waals surface area contributed by atoms with Gasteiger partial charge in [-0.15, -0.1) is 0 Å². The number of hydrogen-bond donors (Lipinski definition) is 1. The first-order valence-electron chi connectivity index (χ1n) is 5.88. The van der Waals surface area contributed by atoms with Gasteiger partial charge in [0.15, 0.2) is 0 Å². The summed E-state index contributed by atoms with van der Waals surface area (Å²) in [5, 5.41) is 13.0. The Kier molecular flexibility index (Phi) is 3.15. The molecule has 0 aliphatic carbocycles. The fourth-order valence-electron chi connectivity index (χ4n) is 2.09. The van der Waals surface area contributed by atoms with Crippen LogP contribution >= 0.6 is 11.6 Å². The van der Waals surface area contributed by atoms with E-state index < -0.39 is 6.10 Å². The minimum Gasteiger partial charge on any atom is -0.382 e. The van der Waals surface area contributed by atoms with Crippen molar-refractivity contribution in [3.8, 4) is 0 Å². The Hall–Kier alpha value is -1.97. The lowest BCUT2D eigenvalue weighted by Crippen LogP contribution is -2.02. The zero-order valence-corrected chi connectivity index (χ0v) is 10.7. The van der Waals surface area contributed by atoms with Gasteiger partial charge in [-0.05, 0) is 29.1 Å². The van der Waals surface area contributed by atoms with E-state index in [1.165, 1.54) is 6.20 Å². The van der Waals surface area contributed by atoms with E-state index in [1.54, 1.807) is 24.5 Å². The fraction of sp³-hybridized carbons (Fsp3) is 0.0667. The van der Waals surface area contributed by atoms with Crippen LogP contribution in [0.5, 0.6) is 0 Å². The maximum atomic E-state index is 10.5. The van der Waals surface area contributed by atoms with Crippen LogP contribution in [0.2, 0.25) is 5.02 Å². The fourth-order valence-corrected chi connectivity index (χ4v) is 2.21. The monoisotopic (exact) mass is 270 g/mol. The number of rotatable bonds is 2.